The van der Waals surface area contributed by atoms with Crippen molar-refractivity contribution in [2.75, 3.05) is 0 Å². The first-order valence-electron chi connectivity index (χ1n) is 4.70. The summed E-state index contributed by atoms with van der Waals surface area (Å²) in [6, 6.07) is 7.83. The van der Waals surface area contributed by atoms with E-state index in [0.717, 1.165) is 15.6 Å². The van der Waals surface area contributed by atoms with Crippen molar-refractivity contribution in [2.24, 2.45) is 0 Å². The lowest BCUT2D eigenvalue weighted by Crippen LogP contribution is -2.31. The van der Waals surface area contributed by atoms with Crippen LogP contribution in [0.4, 0.5) is 0 Å². The summed E-state index contributed by atoms with van der Waals surface area (Å²) in [5.74, 6) is 0.0119. The third-order valence-corrected chi connectivity index (χ3v) is 2.75. The molecule has 0 aliphatic rings. The van der Waals surface area contributed by atoms with Gasteiger partial charge in [0.25, 0.3) is 5.91 Å². The molecule has 0 aliphatic carbocycles. The minimum absolute atomic E-state index is 0.0119. The molecule has 0 saturated carbocycles. The van der Waals surface area contributed by atoms with Crippen molar-refractivity contribution >= 4 is 28.5 Å². The molecule has 3 heteroatoms. The molecule has 0 unspecified atom stereocenters. The van der Waals surface area contributed by atoms with E-state index < -0.39 is 0 Å². The van der Waals surface area contributed by atoms with E-state index in [1.165, 1.54) is 0 Å². The monoisotopic (exact) mass is 303 g/mol. The summed E-state index contributed by atoms with van der Waals surface area (Å²) in [6.45, 7) is 4.06. The van der Waals surface area contributed by atoms with Crippen LogP contribution in [0.3, 0.4) is 0 Å². The minimum atomic E-state index is 0.0119. The van der Waals surface area contributed by atoms with E-state index in [4.69, 9.17) is 0 Å². The van der Waals surface area contributed by atoms with Gasteiger partial charge in [-0.25, -0.2) is 0 Å². The van der Waals surface area contributed by atoms with Gasteiger partial charge < -0.3 is 5.32 Å². The van der Waals surface area contributed by atoms with Crippen LogP contribution < -0.4 is 5.32 Å². The molecule has 2 nitrogen and oxygen atoms in total. The molecule has 76 valence electrons. The Balaban J connectivity index is 2.70. The number of carbonyl (C=O) groups excluding carboxylic acids is 1. The number of hydrogen-bond acceptors (Lipinski definition) is 1. The summed E-state index contributed by atoms with van der Waals surface area (Å²) < 4.78 is 1.08. The normalized spacial score (nSPS) is 12.2. The molecule has 0 saturated heterocycles. The topological polar surface area (TPSA) is 29.1 Å². The largest absolute Gasteiger partial charge is 0.350 e. The van der Waals surface area contributed by atoms with E-state index in [0.29, 0.717) is 0 Å². The highest BCUT2D eigenvalue weighted by atomic mass is 127. The van der Waals surface area contributed by atoms with E-state index in [2.05, 4.69) is 34.8 Å². The zero-order chi connectivity index (χ0) is 10.6. The molecule has 1 aromatic carbocycles. The molecule has 1 rings (SSSR count). The predicted octanol–water partition coefficient (Wildman–Crippen LogP) is 2.82. The number of hydrogen-bond donors (Lipinski definition) is 1. The van der Waals surface area contributed by atoms with Crippen LogP contribution in [0.5, 0.6) is 0 Å². The molecule has 0 bridgehead atoms. The Morgan fingerprint density at radius 1 is 1.57 bits per heavy atom. The van der Waals surface area contributed by atoms with E-state index in [9.17, 15) is 4.79 Å². The highest BCUT2D eigenvalue weighted by Gasteiger charge is 2.07. The molecule has 1 amide bonds. The average Bonchev–Trinajstić information content (AvgIpc) is 2.17. The predicted molar refractivity (Wildman–Crippen MR) is 66.4 cm³/mol. The second kappa shape index (κ2) is 5.34. The zero-order valence-corrected chi connectivity index (χ0v) is 10.5. The lowest BCUT2D eigenvalue weighted by Gasteiger charge is -2.11. The molecule has 0 spiro atoms. The Morgan fingerprint density at radius 2 is 2.29 bits per heavy atom. The Hall–Kier alpha value is -0.580. The first kappa shape index (κ1) is 11.5. The zero-order valence-electron chi connectivity index (χ0n) is 8.38. The van der Waals surface area contributed by atoms with Crippen molar-refractivity contribution in [3.63, 3.8) is 0 Å². The van der Waals surface area contributed by atoms with Gasteiger partial charge in [-0.2, -0.15) is 0 Å². The molecule has 14 heavy (non-hydrogen) atoms. The van der Waals surface area contributed by atoms with Gasteiger partial charge in [-0.05, 0) is 54.1 Å². The van der Waals surface area contributed by atoms with E-state index >= 15 is 0 Å². The summed E-state index contributed by atoms with van der Waals surface area (Å²) in [4.78, 5) is 11.7. The van der Waals surface area contributed by atoms with Crippen molar-refractivity contribution in [1.82, 2.24) is 5.32 Å². The molecule has 0 fully saturated rings. The van der Waals surface area contributed by atoms with Gasteiger partial charge in [-0.1, -0.05) is 13.0 Å². The summed E-state index contributed by atoms with van der Waals surface area (Å²) in [5.41, 5.74) is 0.734. The molecule has 1 atom stereocenters. The first-order valence-corrected chi connectivity index (χ1v) is 5.77. The quantitative estimate of drug-likeness (QED) is 0.855. The van der Waals surface area contributed by atoms with Gasteiger partial charge in [-0.15, -0.1) is 0 Å². The summed E-state index contributed by atoms with van der Waals surface area (Å²) in [5, 5.41) is 2.93. The van der Waals surface area contributed by atoms with Gasteiger partial charge >= 0.3 is 0 Å². The third-order valence-electron chi connectivity index (χ3n) is 2.08. The maximum atomic E-state index is 11.7. The molecule has 0 radical (unpaired) electrons. The Labute approximate surface area is 98.2 Å². The summed E-state index contributed by atoms with van der Waals surface area (Å²) >= 11 is 2.20. The van der Waals surface area contributed by atoms with Crippen LogP contribution in [-0.2, 0) is 0 Å². The number of amides is 1. The van der Waals surface area contributed by atoms with Crippen LogP contribution in [-0.4, -0.2) is 11.9 Å². The average molecular weight is 303 g/mol. The fraction of sp³-hybridized carbons (Fsp3) is 0.364. The maximum absolute atomic E-state index is 11.7. The lowest BCUT2D eigenvalue weighted by molar-refractivity contribution is 0.0939. The molecule has 0 aromatic heterocycles. The van der Waals surface area contributed by atoms with E-state index in [1.807, 2.05) is 31.2 Å². The number of rotatable bonds is 3. The molecule has 0 aliphatic heterocycles. The number of benzene rings is 1. The van der Waals surface area contributed by atoms with Crippen molar-refractivity contribution < 1.29 is 4.79 Å². The van der Waals surface area contributed by atoms with Gasteiger partial charge in [0, 0.05) is 15.2 Å². The number of halogens is 1. The minimum Gasteiger partial charge on any atom is -0.350 e. The number of nitrogens with one attached hydrogen (secondary N) is 1. The van der Waals surface area contributed by atoms with Gasteiger partial charge in [0.2, 0.25) is 0 Å². The van der Waals surface area contributed by atoms with Crippen molar-refractivity contribution in [2.45, 2.75) is 26.3 Å². The molecule has 1 aromatic rings. The second-order valence-electron chi connectivity index (χ2n) is 3.29. The van der Waals surface area contributed by atoms with Gasteiger partial charge in [0.05, 0.1) is 0 Å². The standard InChI is InChI=1S/C11H14INO/c1-3-8(2)13-11(14)9-5-4-6-10(12)7-9/h4-8H,3H2,1-2H3,(H,13,14)/t8-/m0/s1. The summed E-state index contributed by atoms with van der Waals surface area (Å²) in [6.07, 6.45) is 0.954. The van der Waals surface area contributed by atoms with Gasteiger partial charge in [-0.3, -0.25) is 4.79 Å². The van der Waals surface area contributed by atoms with E-state index in [-0.39, 0.29) is 11.9 Å². The maximum Gasteiger partial charge on any atom is 0.251 e. The van der Waals surface area contributed by atoms with E-state index in [1.54, 1.807) is 0 Å². The highest BCUT2D eigenvalue weighted by Crippen LogP contribution is 2.07. The highest BCUT2D eigenvalue weighted by molar-refractivity contribution is 14.1. The van der Waals surface area contributed by atoms with Crippen LogP contribution in [0, 0.1) is 3.57 Å². The van der Waals surface area contributed by atoms with Crippen LogP contribution in [0.15, 0.2) is 24.3 Å². The molecular weight excluding hydrogens is 289 g/mol. The smallest absolute Gasteiger partial charge is 0.251 e. The van der Waals surface area contributed by atoms with Crippen molar-refractivity contribution in [3.05, 3.63) is 33.4 Å². The fourth-order valence-corrected chi connectivity index (χ4v) is 1.58. The lowest BCUT2D eigenvalue weighted by atomic mass is 10.2. The van der Waals surface area contributed by atoms with Crippen molar-refractivity contribution in [1.29, 1.82) is 0 Å². The number of carbonyl (C=O) groups is 1. The molecule has 1 N–H and O–H groups in total. The van der Waals surface area contributed by atoms with Crippen LogP contribution in [0.2, 0.25) is 0 Å². The first-order chi connectivity index (χ1) is 6.63. The Kier molecular flexibility index (Phi) is 4.38. The van der Waals surface area contributed by atoms with Gasteiger partial charge in [0.1, 0.15) is 0 Å². The van der Waals surface area contributed by atoms with Crippen LogP contribution in [0.25, 0.3) is 0 Å². The summed E-state index contributed by atoms with van der Waals surface area (Å²) in [7, 11) is 0. The molecular formula is C11H14INO. The van der Waals surface area contributed by atoms with Crippen LogP contribution >= 0.6 is 22.6 Å². The molecule has 0 heterocycles. The van der Waals surface area contributed by atoms with Gasteiger partial charge in [0.15, 0.2) is 0 Å². The third kappa shape index (κ3) is 3.29. The van der Waals surface area contributed by atoms with Crippen molar-refractivity contribution in [3.8, 4) is 0 Å². The Bertz CT molecular complexity index is 325. The second-order valence-corrected chi connectivity index (χ2v) is 4.54. The Morgan fingerprint density at radius 3 is 2.86 bits per heavy atom. The van der Waals surface area contributed by atoms with Crippen LogP contribution in [0.1, 0.15) is 30.6 Å². The SMILES string of the molecule is CC[C@H](C)NC(=O)c1cccc(I)c1. The fourth-order valence-electron chi connectivity index (χ4n) is 1.04.